The van der Waals surface area contributed by atoms with E-state index in [0.29, 0.717) is 22.5 Å². The number of nitrogens with one attached hydrogen (secondary N) is 3. The summed E-state index contributed by atoms with van der Waals surface area (Å²) < 4.78 is 0. The van der Waals surface area contributed by atoms with Crippen LogP contribution < -0.4 is 16.0 Å². The second-order valence-electron chi connectivity index (χ2n) is 7.62. The Balaban J connectivity index is 1.47. The van der Waals surface area contributed by atoms with Crippen molar-refractivity contribution in [3.8, 4) is 0 Å². The fourth-order valence-electron chi connectivity index (χ4n) is 3.19. The van der Waals surface area contributed by atoms with Crippen molar-refractivity contribution in [2.75, 3.05) is 5.32 Å². The van der Waals surface area contributed by atoms with Crippen LogP contribution in [-0.4, -0.2) is 29.8 Å². The van der Waals surface area contributed by atoms with Crippen LogP contribution >= 0.6 is 22.9 Å². The van der Waals surface area contributed by atoms with Gasteiger partial charge in [-0.1, -0.05) is 48.0 Å². The molecule has 1 saturated carbocycles. The molecular weight excluding hydrogens is 446 g/mol. The second kappa shape index (κ2) is 9.97. The molecule has 0 saturated heterocycles. The zero-order valence-electron chi connectivity index (χ0n) is 17.1. The highest BCUT2D eigenvalue weighted by atomic mass is 35.5. The van der Waals surface area contributed by atoms with Gasteiger partial charge in [0, 0.05) is 18.2 Å². The Hall–Kier alpha value is -3.16. The molecule has 0 radical (unpaired) electrons. The molecule has 3 N–H and O–H groups in total. The summed E-state index contributed by atoms with van der Waals surface area (Å²) in [5, 5.41) is 10.6. The predicted molar refractivity (Wildman–Crippen MR) is 126 cm³/mol. The van der Waals surface area contributed by atoms with Gasteiger partial charge in [0.1, 0.15) is 6.04 Å². The first-order chi connectivity index (χ1) is 15.5. The normalized spacial score (nSPS) is 13.8. The highest BCUT2D eigenvalue weighted by Gasteiger charge is 2.25. The maximum absolute atomic E-state index is 13.1. The summed E-state index contributed by atoms with van der Waals surface area (Å²) in [5.41, 5.74) is 1.74. The zero-order chi connectivity index (χ0) is 22.5. The Morgan fingerprint density at radius 3 is 2.44 bits per heavy atom. The minimum atomic E-state index is -0.788. The maximum Gasteiger partial charge on any atom is 0.262 e. The number of benzene rings is 2. The number of halogens is 1. The second-order valence-corrected chi connectivity index (χ2v) is 8.98. The van der Waals surface area contributed by atoms with Crippen LogP contribution in [0.3, 0.4) is 0 Å². The summed E-state index contributed by atoms with van der Waals surface area (Å²) >= 11 is 7.60. The van der Waals surface area contributed by atoms with E-state index >= 15 is 0 Å². The molecule has 164 valence electrons. The van der Waals surface area contributed by atoms with Gasteiger partial charge in [0.05, 0.1) is 15.5 Å². The van der Waals surface area contributed by atoms with Crippen LogP contribution in [0.2, 0.25) is 5.02 Å². The van der Waals surface area contributed by atoms with Crippen molar-refractivity contribution in [1.29, 1.82) is 0 Å². The number of carbonyl (C=O) groups excluding carboxylic acids is 3. The summed E-state index contributed by atoms with van der Waals surface area (Å²) in [6.45, 7) is 0. The van der Waals surface area contributed by atoms with Gasteiger partial charge in [-0.15, -0.1) is 11.3 Å². The highest BCUT2D eigenvalue weighted by Crippen LogP contribution is 2.24. The Morgan fingerprint density at radius 2 is 1.78 bits per heavy atom. The van der Waals surface area contributed by atoms with Gasteiger partial charge in [0.2, 0.25) is 5.91 Å². The average molecular weight is 468 g/mol. The lowest BCUT2D eigenvalue weighted by atomic mass is 10.0. The quantitative estimate of drug-likeness (QED) is 0.462. The lowest BCUT2D eigenvalue weighted by Crippen LogP contribution is -2.45. The number of hydrogen-bond acceptors (Lipinski definition) is 4. The van der Waals surface area contributed by atoms with E-state index in [1.54, 1.807) is 30.3 Å². The third-order valence-corrected chi connectivity index (χ3v) is 6.22. The fraction of sp³-hybridized carbons (Fsp3) is 0.208. The van der Waals surface area contributed by atoms with E-state index in [4.69, 9.17) is 11.6 Å². The molecular formula is C24H22ClN3O3S. The standard InChI is InChI=1S/C24H22ClN3O3S/c25-19-14-17(10-11-18(19)22(29)26-16-8-9-16)27-23(30)20(13-15-5-2-1-3-6-15)28-24(31)21-7-4-12-32-21/h1-7,10-12,14,16,20H,8-9,13H2,(H,26,29)(H,27,30)(H,28,31). The molecule has 3 amide bonds. The molecule has 1 aliphatic carbocycles. The monoisotopic (exact) mass is 467 g/mol. The molecule has 0 aliphatic heterocycles. The van der Waals surface area contributed by atoms with Gasteiger partial charge in [-0.25, -0.2) is 0 Å². The van der Waals surface area contributed by atoms with Gasteiger partial charge in [-0.05, 0) is 48.1 Å². The number of thiophene rings is 1. The minimum absolute atomic E-state index is 0.222. The van der Waals surface area contributed by atoms with Crippen molar-refractivity contribution in [1.82, 2.24) is 10.6 Å². The number of hydrogen-bond donors (Lipinski definition) is 3. The van der Waals surface area contributed by atoms with Gasteiger partial charge < -0.3 is 16.0 Å². The first kappa shape index (κ1) is 22.0. The van der Waals surface area contributed by atoms with Gasteiger partial charge in [0.15, 0.2) is 0 Å². The van der Waals surface area contributed by atoms with Crippen LogP contribution in [-0.2, 0) is 11.2 Å². The largest absolute Gasteiger partial charge is 0.349 e. The molecule has 3 aromatic rings. The summed E-state index contributed by atoms with van der Waals surface area (Å²) in [6.07, 6.45) is 2.30. The SMILES string of the molecule is O=C(NC(Cc1ccccc1)C(=O)Nc1ccc(C(=O)NC2CC2)c(Cl)c1)c1cccs1. The summed E-state index contributed by atoms with van der Waals surface area (Å²) in [4.78, 5) is 38.4. The van der Waals surface area contributed by atoms with Crippen LogP contribution in [0.15, 0.2) is 66.0 Å². The Kier molecular flexibility index (Phi) is 6.87. The predicted octanol–water partition coefficient (Wildman–Crippen LogP) is 4.27. The lowest BCUT2D eigenvalue weighted by molar-refractivity contribution is -0.118. The van der Waals surface area contributed by atoms with Crippen LogP contribution in [0.1, 0.15) is 38.4 Å². The summed E-state index contributed by atoms with van der Waals surface area (Å²) in [6, 6.07) is 17.2. The van der Waals surface area contributed by atoms with Crippen molar-refractivity contribution in [3.63, 3.8) is 0 Å². The molecule has 0 bridgehead atoms. The molecule has 1 unspecified atom stereocenters. The number of carbonyl (C=O) groups is 3. The Bertz CT molecular complexity index is 1110. The fourth-order valence-corrected chi connectivity index (χ4v) is 4.09. The molecule has 1 aliphatic rings. The van der Waals surface area contributed by atoms with E-state index in [0.717, 1.165) is 18.4 Å². The number of amides is 3. The van der Waals surface area contributed by atoms with E-state index < -0.39 is 6.04 Å². The van der Waals surface area contributed by atoms with E-state index in [9.17, 15) is 14.4 Å². The zero-order valence-corrected chi connectivity index (χ0v) is 18.7. The van der Waals surface area contributed by atoms with Gasteiger partial charge in [0.25, 0.3) is 11.8 Å². The molecule has 0 spiro atoms. The molecule has 2 aromatic carbocycles. The molecule has 32 heavy (non-hydrogen) atoms. The molecule has 8 heteroatoms. The van der Waals surface area contributed by atoms with Crippen molar-refractivity contribution < 1.29 is 14.4 Å². The van der Waals surface area contributed by atoms with Crippen molar-refractivity contribution in [3.05, 3.63) is 87.1 Å². The summed E-state index contributed by atoms with van der Waals surface area (Å²) in [5.74, 6) is -0.897. The number of anilines is 1. The maximum atomic E-state index is 13.1. The molecule has 1 heterocycles. The van der Waals surface area contributed by atoms with E-state index in [-0.39, 0.29) is 28.8 Å². The smallest absolute Gasteiger partial charge is 0.262 e. The van der Waals surface area contributed by atoms with E-state index in [2.05, 4.69) is 16.0 Å². The molecule has 6 nitrogen and oxygen atoms in total. The summed E-state index contributed by atoms with van der Waals surface area (Å²) in [7, 11) is 0. The average Bonchev–Trinajstić information content (AvgIpc) is 3.41. The first-order valence-corrected chi connectivity index (χ1v) is 11.5. The van der Waals surface area contributed by atoms with Gasteiger partial charge >= 0.3 is 0 Å². The van der Waals surface area contributed by atoms with Crippen LogP contribution in [0.5, 0.6) is 0 Å². The van der Waals surface area contributed by atoms with Crippen molar-refractivity contribution in [2.24, 2.45) is 0 Å². The van der Waals surface area contributed by atoms with E-state index in [1.807, 2.05) is 35.7 Å². The minimum Gasteiger partial charge on any atom is -0.349 e. The molecule has 1 fully saturated rings. The van der Waals surface area contributed by atoms with Crippen LogP contribution in [0, 0.1) is 0 Å². The third kappa shape index (κ3) is 5.75. The highest BCUT2D eigenvalue weighted by molar-refractivity contribution is 7.12. The Morgan fingerprint density at radius 1 is 1.00 bits per heavy atom. The van der Waals surface area contributed by atoms with Crippen LogP contribution in [0.4, 0.5) is 5.69 Å². The van der Waals surface area contributed by atoms with E-state index in [1.165, 1.54) is 11.3 Å². The Labute approximate surface area is 195 Å². The van der Waals surface area contributed by atoms with Crippen molar-refractivity contribution in [2.45, 2.75) is 31.3 Å². The van der Waals surface area contributed by atoms with Crippen molar-refractivity contribution >= 4 is 46.3 Å². The van der Waals surface area contributed by atoms with Gasteiger partial charge in [-0.2, -0.15) is 0 Å². The first-order valence-electron chi connectivity index (χ1n) is 10.3. The van der Waals surface area contributed by atoms with Crippen LogP contribution in [0.25, 0.3) is 0 Å². The van der Waals surface area contributed by atoms with Gasteiger partial charge in [-0.3, -0.25) is 14.4 Å². The molecule has 4 rings (SSSR count). The number of rotatable bonds is 8. The third-order valence-electron chi connectivity index (χ3n) is 5.04. The molecule has 1 aromatic heterocycles. The topological polar surface area (TPSA) is 87.3 Å². The lowest BCUT2D eigenvalue weighted by Gasteiger charge is -2.19. The molecule has 1 atom stereocenters.